The number of nitrogens with zero attached hydrogens (tertiary/aromatic N) is 1. The molecule has 0 aliphatic carbocycles. The van der Waals surface area contributed by atoms with E-state index in [1.54, 1.807) is 0 Å². The molecule has 0 saturated carbocycles. The summed E-state index contributed by atoms with van der Waals surface area (Å²) in [6.07, 6.45) is 16.7. The first-order valence-electron chi connectivity index (χ1n) is 9.29. The molecule has 0 aromatic rings. The molecule has 0 heterocycles. The third-order valence-electron chi connectivity index (χ3n) is 3.81. The maximum Gasteiger partial charge on any atom is 1.00 e. The van der Waals surface area contributed by atoms with E-state index in [0.717, 1.165) is 12.8 Å². The van der Waals surface area contributed by atoms with Crippen LogP contribution >= 0.6 is 0 Å². The van der Waals surface area contributed by atoms with Gasteiger partial charge in [-0.1, -0.05) is 70.4 Å². The Kier molecular flexibility index (Phi) is 21.8. The maximum absolute atomic E-state index is 11.4. The van der Waals surface area contributed by atoms with E-state index in [9.17, 15) is 13.5 Å². The second-order valence-electron chi connectivity index (χ2n) is 6.23. The van der Waals surface area contributed by atoms with Crippen LogP contribution in [0.2, 0.25) is 0 Å². The smallest absolute Gasteiger partial charge is 0.859 e. The molecule has 1 N–H and O–H groups in total. The first-order chi connectivity index (χ1) is 11.5. The van der Waals surface area contributed by atoms with Crippen LogP contribution in [0.15, 0.2) is 17.1 Å². The first-order valence-corrected chi connectivity index (χ1v) is 10.9. The zero-order valence-corrected chi connectivity index (χ0v) is 20.0. The fourth-order valence-electron chi connectivity index (χ4n) is 2.40. The normalized spacial score (nSPS) is 12.5. The standard InChI is InChI=1S/C18H35NO4S.K/c1-2-3-4-5-6-7-8-9-10-11-12-15-18(20)19-16-13-14-17-24(21,22)23;/h12,15H,2-11,13-14,16-17H2,1H3,(H,19,20)(H,21,22,23);/q;+1/p-1/b15-12+;. The second kappa shape index (κ2) is 19.5. The molecule has 0 aliphatic rings. The molecule has 0 aromatic heterocycles. The van der Waals surface area contributed by atoms with Crippen LogP contribution in [-0.4, -0.2) is 31.2 Å². The summed E-state index contributed by atoms with van der Waals surface area (Å²) < 4.78 is 29.6. The zero-order valence-electron chi connectivity index (χ0n) is 16.1. The molecule has 0 fully saturated rings. The van der Waals surface area contributed by atoms with Crippen molar-refractivity contribution in [3.8, 4) is 0 Å². The van der Waals surface area contributed by atoms with Gasteiger partial charge in [-0.25, -0.2) is 0 Å². The molecular weight excluding hydrogens is 365 g/mol. The van der Waals surface area contributed by atoms with E-state index in [0.29, 0.717) is 19.4 Å². The summed E-state index contributed by atoms with van der Waals surface area (Å²) in [7, 11) is -3.90. The predicted octanol–water partition coefficient (Wildman–Crippen LogP) is 0.894. The van der Waals surface area contributed by atoms with E-state index < -0.39 is 10.1 Å². The first kappa shape index (κ1) is 28.0. The summed E-state index contributed by atoms with van der Waals surface area (Å²) in [6.45, 7) is 2.53. The van der Waals surface area contributed by atoms with E-state index in [4.69, 9.17) is 4.55 Å². The van der Waals surface area contributed by atoms with E-state index in [1.807, 2.05) is 6.08 Å². The van der Waals surface area contributed by atoms with Crippen LogP contribution in [0.5, 0.6) is 0 Å². The molecule has 5 nitrogen and oxygen atoms in total. The molecule has 0 aliphatic heterocycles. The van der Waals surface area contributed by atoms with Crippen molar-refractivity contribution in [1.29, 1.82) is 0 Å². The molecule has 142 valence electrons. The summed E-state index contributed by atoms with van der Waals surface area (Å²) in [6, 6.07) is 0. The van der Waals surface area contributed by atoms with Crippen molar-refractivity contribution in [1.82, 2.24) is 0 Å². The Morgan fingerprint density at radius 3 is 2.08 bits per heavy atom. The predicted molar refractivity (Wildman–Crippen MR) is 98.9 cm³/mol. The van der Waals surface area contributed by atoms with Gasteiger partial charge in [0.25, 0.3) is 10.1 Å². The van der Waals surface area contributed by atoms with Gasteiger partial charge in [-0.15, -0.1) is 0 Å². The van der Waals surface area contributed by atoms with Gasteiger partial charge in [0.2, 0.25) is 0 Å². The largest absolute Gasteiger partial charge is 1.00 e. The zero-order chi connectivity index (χ0) is 18.1. The molecular formula is C18H34KNO4S. The van der Waals surface area contributed by atoms with Crippen LogP contribution in [0.3, 0.4) is 0 Å². The number of rotatable bonds is 16. The Morgan fingerprint density at radius 1 is 0.960 bits per heavy atom. The molecule has 25 heavy (non-hydrogen) atoms. The summed E-state index contributed by atoms with van der Waals surface area (Å²) in [5.74, 6) is -0.539. The third-order valence-corrected chi connectivity index (χ3v) is 4.62. The maximum atomic E-state index is 11.4. The van der Waals surface area contributed by atoms with Crippen molar-refractivity contribution in [2.75, 3.05) is 12.3 Å². The van der Waals surface area contributed by atoms with Crippen molar-refractivity contribution in [3.05, 3.63) is 12.2 Å². The van der Waals surface area contributed by atoms with Crippen molar-refractivity contribution in [2.45, 2.75) is 84.0 Å². The van der Waals surface area contributed by atoms with E-state index >= 15 is 0 Å². The van der Waals surface area contributed by atoms with Gasteiger partial charge < -0.3 is 10.1 Å². The van der Waals surface area contributed by atoms with Crippen LogP contribution in [0.4, 0.5) is 0 Å². The van der Waals surface area contributed by atoms with Crippen molar-refractivity contribution in [2.24, 2.45) is 4.99 Å². The molecule has 0 amide bonds. The van der Waals surface area contributed by atoms with Crippen molar-refractivity contribution >= 4 is 16.0 Å². The molecule has 0 saturated heterocycles. The van der Waals surface area contributed by atoms with Crippen LogP contribution in [0.1, 0.15) is 84.0 Å². The average Bonchev–Trinajstić information content (AvgIpc) is 2.51. The van der Waals surface area contributed by atoms with E-state index in [2.05, 4.69) is 11.9 Å². The number of aliphatic imine (C=N–C) groups is 1. The van der Waals surface area contributed by atoms with E-state index in [1.165, 1.54) is 57.4 Å². The SMILES string of the molecule is CCCCCCCCCCC/C=C/C([O-])=NCCCCS(=O)(=O)O.[K+]. The molecule has 0 spiro atoms. The minimum absolute atomic E-state index is 0. The fraction of sp³-hybridized carbons (Fsp3) is 0.833. The Labute approximate surface area is 196 Å². The number of hydrogen-bond donors (Lipinski definition) is 1. The summed E-state index contributed by atoms with van der Waals surface area (Å²) >= 11 is 0. The van der Waals surface area contributed by atoms with E-state index in [-0.39, 0.29) is 63.0 Å². The van der Waals surface area contributed by atoms with Crippen molar-refractivity contribution < 1.29 is 69.5 Å². The molecule has 0 unspecified atom stereocenters. The van der Waals surface area contributed by atoms with Gasteiger partial charge in [-0.05, 0) is 31.6 Å². The summed E-state index contributed by atoms with van der Waals surface area (Å²) in [5, 5.41) is 11.4. The van der Waals surface area contributed by atoms with Crippen LogP contribution in [-0.2, 0) is 10.1 Å². The molecule has 0 bridgehead atoms. The Hall–Kier alpha value is 0.756. The minimum atomic E-state index is -3.90. The average molecular weight is 400 g/mol. The number of hydrogen-bond acceptors (Lipinski definition) is 4. The molecule has 0 aromatic carbocycles. The summed E-state index contributed by atoms with van der Waals surface area (Å²) in [4.78, 5) is 3.82. The minimum Gasteiger partial charge on any atom is -0.859 e. The van der Waals surface area contributed by atoms with Crippen LogP contribution < -0.4 is 56.5 Å². The van der Waals surface area contributed by atoms with Crippen LogP contribution in [0, 0.1) is 0 Å². The molecule has 0 radical (unpaired) electrons. The number of unbranched alkanes of at least 4 members (excludes halogenated alkanes) is 10. The quantitative estimate of drug-likeness (QED) is 0.137. The number of allylic oxidation sites excluding steroid dienone is 1. The molecule has 0 rings (SSSR count). The summed E-state index contributed by atoms with van der Waals surface area (Å²) in [5.41, 5.74) is 0. The van der Waals surface area contributed by atoms with Gasteiger partial charge in [-0.2, -0.15) is 8.42 Å². The Balaban J connectivity index is 0. The van der Waals surface area contributed by atoms with Gasteiger partial charge in [0.15, 0.2) is 0 Å². The van der Waals surface area contributed by atoms with Gasteiger partial charge in [0.1, 0.15) is 0 Å². The fourth-order valence-corrected chi connectivity index (χ4v) is 2.96. The second-order valence-corrected chi connectivity index (χ2v) is 7.80. The monoisotopic (exact) mass is 399 g/mol. The molecule has 0 atom stereocenters. The Morgan fingerprint density at radius 2 is 1.52 bits per heavy atom. The van der Waals surface area contributed by atoms with Gasteiger partial charge >= 0.3 is 51.4 Å². The Bertz CT molecular complexity index is 450. The van der Waals surface area contributed by atoms with Gasteiger partial charge in [0, 0.05) is 6.54 Å². The van der Waals surface area contributed by atoms with Gasteiger partial charge in [-0.3, -0.25) is 4.55 Å². The van der Waals surface area contributed by atoms with Crippen molar-refractivity contribution in [3.63, 3.8) is 0 Å². The third kappa shape index (κ3) is 24.8. The van der Waals surface area contributed by atoms with Gasteiger partial charge in [0.05, 0.1) is 5.75 Å². The topological polar surface area (TPSA) is 89.8 Å². The van der Waals surface area contributed by atoms with Crippen LogP contribution in [0.25, 0.3) is 0 Å². The molecule has 7 heteroatoms.